The van der Waals surface area contributed by atoms with Gasteiger partial charge in [0.1, 0.15) is 0 Å². The van der Waals surface area contributed by atoms with Crippen LogP contribution in [-0.4, -0.2) is 30.9 Å². The molecule has 0 aliphatic carbocycles. The Morgan fingerprint density at radius 2 is 1.50 bits per heavy atom. The largest absolute Gasteiger partial charge is 0.249 e. The molecular weight excluding hydrogens is 452 g/mol. The highest BCUT2D eigenvalue weighted by molar-refractivity contribution is 9.10. The zero-order valence-corrected chi connectivity index (χ0v) is 17.4. The van der Waals surface area contributed by atoms with Crippen molar-refractivity contribution in [3.05, 3.63) is 44.6 Å². The SMILES string of the molecule is CSc1ncc(Br)cc1C.Cc1cc(Br)cnc1S(C)(=O)=O. The van der Waals surface area contributed by atoms with Gasteiger partial charge in [-0.05, 0) is 75.2 Å². The Bertz CT molecular complexity index is 765. The molecule has 0 aromatic carbocycles. The Labute approximate surface area is 152 Å². The van der Waals surface area contributed by atoms with Gasteiger partial charge in [0.05, 0.1) is 5.03 Å². The molecule has 120 valence electrons. The highest BCUT2D eigenvalue weighted by atomic mass is 79.9. The summed E-state index contributed by atoms with van der Waals surface area (Å²) in [5, 5.41) is 1.24. The molecule has 22 heavy (non-hydrogen) atoms. The van der Waals surface area contributed by atoms with Crippen molar-refractivity contribution in [1.29, 1.82) is 0 Å². The molecule has 2 heterocycles. The molecule has 0 spiro atoms. The summed E-state index contributed by atoms with van der Waals surface area (Å²) in [5.41, 5.74) is 1.88. The van der Waals surface area contributed by atoms with Crippen LogP contribution in [0.3, 0.4) is 0 Å². The van der Waals surface area contributed by atoms with Gasteiger partial charge in [0.2, 0.25) is 0 Å². The zero-order chi connectivity index (χ0) is 16.9. The van der Waals surface area contributed by atoms with Gasteiger partial charge in [-0.25, -0.2) is 18.4 Å². The lowest BCUT2D eigenvalue weighted by atomic mass is 10.3. The van der Waals surface area contributed by atoms with Gasteiger partial charge in [-0.1, -0.05) is 0 Å². The Hall–Kier alpha value is -0.440. The molecular formula is C14H16Br2N2O2S2. The summed E-state index contributed by atoms with van der Waals surface area (Å²) in [6.07, 6.45) is 6.47. The average molecular weight is 468 g/mol. The van der Waals surface area contributed by atoms with Crippen LogP contribution in [0.15, 0.2) is 43.5 Å². The second kappa shape index (κ2) is 8.42. The minimum atomic E-state index is -3.18. The second-order valence-corrected chi connectivity index (χ2v) is 9.08. The van der Waals surface area contributed by atoms with Crippen LogP contribution in [0.25, 0.3) is 0 Å². The van der Waals surface area contributed by atoms with Crippen molar-refractivity contribution in [2.75, 3.05) is 12.5 Å². The van der Waals surface area contributed by atoms with Gasteiger partial charge < -0.3 is 0 Å². The molecule has 0 bridgehead atoms. The van der Waals surface area contributed by atoms with Gasteiger partial charge >= 0.3 is 0 Å². The minimum Gasteiger partial charge on any atom is -0.249 e. The van der Waals surface area contributed by atoms with Gasteiger partial charge in [0, 0.05) is 27.6 Å². The molecule has 2 rings (SSSR count). The highest BCUT2D eigenvalue weighted by Crippen LogP contribution is 2.19. The highest BCUT2D eigenvalue weighted by Gasteiger charge is 2.11. The normalized spacial score (nSPS) is 10.8. The monoisotopic (exact) mass is 466 g/mol. The number of nitrogens with zero attached hydrogens (tertiary/aromatic N) is 2. The molecule has 0 N–H and O–H groups in total. The lowest BCUT2D eigenvalue weighted by Crippen LogP contribution is -2.02. The number of hydrogen-bond donors (Lipinski definition) is 0. The van der Waals surface area contributed by atoms with Gasteiger partial charge in [-0.3, -0.25) is 0 Å². The van der Waals surface area contributed by atoms with Crippen LogP contribution in [-0.2, 0) is 9.84 Å². The van der Waals surface area contributed by atoms with E-state index in [1.54, 1.807) is 24.8 Å². The molecule has 0 aliphatic rings. The number of pyridine rings is 2. The summed E-state index contributed by atoms with van der Waals surface area (Å²) in [5.74, 6) is 0. The molecule has 0 fully saturated rings. The quantitative estimate of drug-likeness (QED) is 0.611. The van der Waals surface area contributed by atoms with Crippen molar-refractivity contribution in [3.63, 3.8) is 0 Å². The van der Waals surface area contributed by atoms with E-state index in [1.807, 2.05) is 12.5 Å². The molecule has 4 nitrogen and oxygen atoms in total. The fourth-order valence-corrected chi connectivity index (χ4v) is 3.98. The summed E-state index contributed by atoms with van der Waals surface area (Å²) < 4.78 is 24.0. The number of hydrogen-bond acceptors (Lipinski definition) is 5. The fraction of sp³-hybridized carbons (Fsp3) is 0.286. The van der Waals surface area contributed by atoms with Crippen molar-refractivity contribution in [2.24, 2.45) is 0 Å². The van der Waals surface area contributed by atoms with Crippen molar-refractivity contribution in [2.45, 2.75) is 23.9 Å². The van der Waals surface area contributed by atoms with Gasteiger partial charge in [-0.15, -0.1) is 11.8 Å². The third kappa shape index (κ3) is 5.98. The lowest BCUT2D eigenvalue weighted by Gasteiger charge is -2.01. The van der Waals surface area contributed by atoms with E-state index in [-0.39, 0.29) is 5.03 Å². The van der Waals surface area contributed by atoms with Crippen LogP contribution >= 0.6 is 43.6 Å². The van der Waals surface area contributed by atoms with E-state index in [0.717, 1.165) is 20.2 Å². The number of thioether (sulfide) groups is 1. The van der Waals surface area contributed by atoms with E-state index in [9.17, 15) is 8.42 Å². The smallest absolute Gasteiger partial charge is 0.193 e. The van der Waals surface area contributed by atoms with Crippen molar-refractivity contribution < 1.29 is 8.42 Å². The van der Waals surface area contributed by atoms with Crippen molar-refractivity contribution >= 4 is 53.5 Å². The van der Waals surface area contributed by atoms with Crippen LogP contribution in [0.5, 0.6) is 0 Å². The zero-order valence-electron chi connectivity index (χ0n) is 12.6. The van der Waals surface area contributed by atoms with Crippen LogP contribution in [0, 0.1) is 13.8 Å². The fourth-order valence-electron chi connectivity index (χ4n) is 1.66. The van der Waals surface area contributed by atoms with E-state index < -0.39 is 9.84 Å². The predicted molar refractivity (Wildman–Crippen MR) is 98.2 cm³/mol. The van der Waals surface area contributed by atoms with E-state index in [0.29, 0.717) is 5.56 Å². The summed E-state index contributed by atoms with van der Waals surface area (Å²) in [6, 6.07) is 3.79. The maximum absolute atomic E-state index is 11.1. The summed E-state index contributed by atoms with van der Waals surface area (Å²) >= 11 is 8.23. The number of rotatable bonds is 2. The third-order valence-electron chi connectivity index (χ3n) is 2.54. The third-order valence-corrected chi connectivity index (χ3v) is 5.35. The minimum absolute atomic E-state index is 0.144. The van der Waals surface area contributed by atoms with Gasteiger partial charge in [0.25, 0.3) is 0 Å². The van der Waals surface area contributed by atoms with Crippen LogP contribution in [0.4, 0.5) is 0 Å². The van der Waals surface area contributed by atoms with E-state index in [4.69, 9.17) is 0 Å². The molecule has 0 radical (unpaired) electrons. The Morgan fingerprint density at radius 1 is 1.00 bits per heavy atom. The van der Waals surface area contributed by atoms with E-state index in [1.165, 1.54) is 11.8 Å². The Kier molecular flexibility index (Phi) is 7.51. The maximum Gasteiger partial charge on any atom is 0.193 e. The van der Waals surface area contributed by atoms with E-state index >= 15 is 0 Å². The molecule has 2 aromatic rings. The molecule has 0 saturated carbocycles. The summed E-state index contributed by atoms with van der Waals surface area (Å²) in [4.78, 5) is 8.03. The molecule has 8 heteroatoms. The molecule has 0 amide bonds. The first kappa shape index (κ1) is 19.6. The summed E-state index contributed by atoms with van der Waals surface area (Å²) in [6.45, 7) is 3.78. The Morgan fingerprint density at radius 3 is 1.91 bits per heavy atom. The van der Waals surface area contributed by atoms with Crippen molar-refractivity contribution in [3.8, 4) is 0 Å². The first-order chi connectivity index (χ1) is 10.1. The predicted octanol–water partition coefficient (Wildman–Crippen LogP) is 4.43. The molecule has 2 aromatic heterocycles. The first-order valence-electron chi connectivity index (χ1n) is 6.13. The molecule has 0 saturated heterocycles. The average Bonchev–Trinajstić information content (AvgIpc) is 2.37. The molecule has 0 aliphatic heterocycles. The Balaban J connectivity index is 0.000000224. The molecule has 0 unspecified atom stereocenters. The van der Waals surface area contributed by atoms with Gasteiger partial charge in [0.15, 0.2) is 14.9 Å². The van der Waals surface area contributed by atoms with Crippen molar-refractivity contribution in [1.82, 2.24) is 9.97 Å². The van der Waals surface area contributed by atoms with E-state index in [2.05, 4.69) is 54.8 Å². The first-order valence-corrected chi connectivity index (χ1v) is 10.8. The number of halogens is 2. The van der Waals surface area contributed by atoms with Crippen LogP contribution in [0.1, 0.15) is 11.1 Å². The molecule has 0 atom stereocenters. The second-order valence-electron chi connectivity index (χ2n) is 4.53. The van der Waals surface area contributed by atoms with Gasteiger partial charge in [-0.2, -0.15) is 0 Å². The maximum atomic E-state index is 11.1. The number of sulfone groups is 1. The van der Waals surface area contributed by atoms with Crippen LogP contribution in [0.2, 0.25) is 0 Å². The number of aromatic nitrogens is 2. The lowest BCUT2D eigenvalue weighted by molar-refractivity contribution is 0.597. The summed E-state index contributed by atoms with van der Waals surface area (Å²) in [7, 11) is -3.18. The number of aryl methyl sites for hydroxylation is 2. The standard InChI is InChI=1S/C7H8BrNO2S.C7H8BrNS/c1-5-3-6(8)4-9-7(5)12(2,10)11;1-5-3-6(8)4-9-7(5)10-2/h3-4H,1-2H3;3-4H,1-2H3. The van der Waals surface area contributed by atoms with Crippen LogP contribution < -0.4 is 0 Å². The topological polar surface area (TPSA) is 59.9 Å².